The van der Waals surface area contributed by atoms with E-state index in [4.69, 9.17) is 9.15 Å². The average molecular weight is 338 g/mol. The molecule has 0 aliphatic carbocycles. The van der Waals surface area contributed by atoms with Gasteiger partial charge in [0.05, 0.1) is 5.56 Å². The Labute approximate surface area is 144 Å². The molecular formula is C19H18N2O4. The predicted molar refractivity (Wildman–Crippen MR) is 93.3 cm³/mol. The molecule has 0 saturated carbocycles. The summed E-state index contributed by atoms with van der Waals surface area (Å²) in [5.74, 6) is -0.973. The van der Waals surface area contributed by atoms with Gasteiger partial charge in [-0.15, -0.1) is 0 Å². The third kappa shape index (κ3) is 3.68. The first kappa shape index (κ1) is 16.7. The molecule has 0 saturated heterocycles. The fourth-order valence-corrected chi connectivity index (χ4v) is 2.51. The Bertz CT molecular complexity index is 916. The molecule has 0 fully saturated rings. The molecule has 0 spiro atoms. The highest BCUT2D eigenvalue weighted by Gasteiger charge is 2.24. The molecule has 128 valence electrons. The molecule has 1 amide bonds. The van der Waals surface area contributed by atoms with Crippen molar-refractivity contribution >= 4 is 28.7 Å². The van der Waals surface area contributed by atoms with Crippen molar-refractivity contribution in [3.05, 3.63) is 60.0 Å². The number of hydrogen-bond acceptors (Lipinski definition) is 5. The van der Waals surface area contributed by atoms with Crippen molar-refractivity contribution in [1.29, 1.82) is 0 Å². The van der Waals surface area contributed by atoms with Crippen LogP contribution in [0.2, 0.25) is 0 Å². The highest BCUT2D eigenvalue weighted by Crippen LogP contribution is 2.19. The second-order valence-corrected chi connectivity index (χ2v) is 5.67. The Morgan fingerprint density at radius 1 is 1.24 bits per heavy atom. The average Bonchev–Trinajstić information content (AvgIpc) is 3.08. The topological polar surface area (TPSA) is 81.4 Å². The molecule has 1 atom stereocenters. The lowest BCUT2D eigenvalue weighted by Gasteiger charge is -2.16. The Morgan fingerprint density at radius 3 is 2.80 bits per heavy atom. The summed E-state index contributed by atoms with van der Waals surface area (Å²) in [6.45, 7) is 3.72. The molecule has 6 nitrogen and oxygen atoms in total. The van der Waals surface area contributed by atoms with Crippen molar-refractivity contribution < 1.29 is 18.7 Å². The zero-order valence-electron chi connectivity index (χ0n) is 14.0. The number of fused-ring (bicyclic) bond motifs is 1. The number of oxazole rings is 1. The van der Waals surface area contributed by atoms with Gasteiger partial charge in [-0.2, -0.15) is 0 Å². The monoisotopic (exact) mass is 338 g/mol. The third-order valence-electron chi connectivity index (χ3n) is 3.78. The first-order valence-corrected chi connectivity index (χ1v) is 7.99. The second-order valence-electron chi connectivity index (χ2n) is 5.67. The summed E-state index contributed by atoms with van der Waals surface area (Å²) in [5.41, 5.74) is 2.87. The highest BCUT2D eigenvalue weighted by molar-refractivity contribution is 6.03. The number of aromatic nitrogens is 1. The third-order valence-corrected chi connectivity index (χ3v) is 3.78. The summed E-state index contributed by atoms with van der Waals surface area (Å²) in [6.07, 6.45) is 0.733. The number of carbonyl (C=O) groups is 2. The molecule has 3 rings (SSSR count). The lowest BCUT2D eigenvalue weighted by Crippen LogP contribution is -2.32. The lowest BCUT2D eigenvalue weighted by molar-refractivity contribution is -0.124. The maximum absolute atomic E-state index is 12.5. The Kier molecular flexibility index (Phi) is 4.79. The van der Waals surface area contributed by atoms with Crippen LogP contribution in [0.25, 0.3) is 11.1 Å². The number of nitrogens with zero attached hydrogens (tertiary/aromatic N) is 1. The van der Waals surface area contributed by atoms with E-state index in [9.17, 15) is 9.59 Å². The van der Waals surface area contributed by atoms with Crippen LogP contribution in [0.3, 0.4) is 0 Å². The maximum Gasteiger partial charge on any atom is 0.341 e. The number of hydrogen-bond donors (Lipinski definition) is 1. The van der Waals surface area contributed by atoms with Gasteiger partial charge >= 0.3 is 5.97 Å². The van der Waals surface area contributed by atoms with Crippen molar-refractivity contribution in [3.63, 3.8) is 0 Å². The van der Waals surface area contributed by atoms with Crippen LogP contribution in [0.5, 0.6) is 0 Å². The van der Waals surface area contributed by atoms with Crippen LogP contribution in [-0.4, -0.2) is 23.0 Å². The molecule has 3 aromatic rings. The maximum atomic E-state index is 12.5. The van der Waals surface area contributed by atoms with Crippen molar-refractivity contribution in [1.82, 2.24) is 4.98 Å². The zero-order valence-corrected chi connectivity index (χ0v) is 14.0. The summed E-state index contributed by atoms with van der Waals surface area (Å²) in [7, 11) is 0. The number of esters is 1. The van der Waals surface area contributed by atoms with Gasteiger partial charge in [0, 0.05) is 5.69 Å². The van der Waals surface area contributed by atoms with Gasteiger partial charge in [0.25, 0.3) is 5.91 Å². The fraction of sp³-hybridized carbons (Fsp3) is 0.211. The molecule has 0 aliphatic rings. The number of anilines is 1. The number of carbonyl (C=O) groups excluding carboxylic acids is 2. The molecule has 1 unspecified atom stereocenters. The molecule has 2 aromatic carbocycles. The van der Waals surface area contributed by atoms with Gasteiger partial charge in [-0.25, -0.2) is 9.78 Å². The first-order chi connectivity index (χ1) is 12.1. The lowest BCUT2D eigenvalue weighted by atomic mass is 10.2. The normalized spacial score (nSPS) is 11.9. The van der Waals surface area contributed by atoms with Gasteiger partial charge < -0.3 is 14.5 Å². The van der Waals surface area contributed by atoms with Crippen LogP contribution >= 0.6 is 0 Å². The molecular weight excluding hydrogens is 320 g/mol. The molecule has 0 bridgehead atoms. The zero-order chi connectivity index (χ0) is 17.8. The van der Waals surface area contributed by atoms with Gasteiger partial charge in [-0.05, 0) is 43.2 Å². The van der Waals surface area contributed by atoms with Gasteiger partial charge in [-0.3, -0.25) is 4.79 Å². The van der Waals surface area contributed by atoms with Crippen molar-refractivity contribution in [3.8, 4) is 0 Å². The van der Waals surface area contributed by atoms with Crippen LogP contribution in [-0.2, 0) is 9.53 Å². The summed E-state index contributed by atoms with van der Waals surface area (Å²) in [6, 6.07) is 12.4. The van der Waals surface area contributed by atoms with Crippen molar-refractivity contribution in [2.75, 3.05) is 5.32 Å². The SMILES string of the molecule is CCC(OC(=O)c1cccc2ocnc12)C(=O)Nc1cccc(C)c1. The largest absolute Gasteiger partial charge is 0.449 e. The van der Waals surface area contributed by atoms with E-state index in [-0.39, 0.29) is 11.5 Å². The molecule has 25 heavy (non-hydrogen) atoms. The molecule has 6 heteroatoms. The fourth-order valence-electron chi connectivity index (χ4n) is 2.51. The van der Waals surface area contributed by atoms with E-state index in [0.29, 0.717) is 23.2 Å². The molecule has 1 heterocycles. The van der Waals surface area contributed by atoms with E-state index < -0.39 is 12.1 Å². The number of nitrogens with one attached hydrogen (secondary N) is 1. The number of amides is 1. The number of aryl methyl sites for hydroxylation is 1. The number of para-hydroxylation sites is 1. The quantitative estimate of drug-likeness (QED) is 0.717. The Balaban J connectivity index is 1.74. The molecule has 0 aliphatic heterocycles. The van der Waals surface area contributed by atoms with E-state index in [1.165, 1.54) is 6.39 Å². The summed E-state index contributed by atoms with van der Waals surface area (Å²) in [5, 5.41) is 2.77. The van der Waals surface area contributed by atoms with E-state index in [0.717, 1.165) is 5.56 Å². The summed E-state index contributed by atoms with van der Waals surface area (Å²) >= 11 is 0. The number of ether oxygens (including phenoxy) is 1. The van der Waals surface area contributed by atoms with Crippen LogP contribution < -0.4 is 5.32 Å². The van der Waals surface area contributed by atoms with E-state index in [2.05, 4.69) is 10.3 Å². The van der Waals surface area contributed by atoms with Gasteiger partial charge in [0.2, 0.25) is 0 Å². The Hall–Kier alpha value is -3.15. The minimum atomic E-state index is -0.893. The smallest absolute Gasteiger partial charge is 0.341 e. The second kappa shape index (κ2) is 7.17. The summed E-state index contributed by atoms with van der Waals surface area (Å²) < 4.78 is 10.6. The Morgan fingerprint density at radius 2 is 2.04 bits per heavy atom. The van der Waals surface area contributed by atoms with Gasteiger partial charge in [0.1, 0.15) is 5.52 Å². The minimum Gasteiger partial charge on any atom is -0.449 e. The van der Waals surface area contributed by atoms with Crippen LogP contribution in [0.4, 0.5) is 5.69 Å². The standard InChI is InChI=1S/C19H18N2O4/c1-3-15(18(22)21-13-7-4-6-12(2)10-13)25-19(23)14-8-5-9-16-17(14)20-11-24-16/h4-11,15H,3H2,1-2H3,(H,21,22). The van der Waals surface area contributed by atoms with Gasteiger partial charge in [-0.1, -0.05) is 25.1 Å². The van der Waals surface area contributed by atoms with Crippen molar-refractivity contribution in [2.45, 2.75) is 26.4 Å². The van der Waals surface area contributed by atoms with Crippen LogP contribution in [0.15, 0.2) is 53.3 Å². The van der Waals surface area contributed by atoms with E-state index in [1.54, 1.807) is 31.2 Å². The van der Waals surface area contributed by atoms with Crippen LogP contribution in [0.1, 0.15) is 29.3 Å². The van der Waals surface area contributed by atoms with Crippen molar-refractivity contribution in [2.24, 2.45) is 0 Å². The number of benzene rings is 2. The summed E-state index contributed by atoms with van der Waals surface area (Å²) in [4.78, 5) is 28.9. The highest BCUT2D eigenvalue weighted by atomic mass is 16.5. The first-order valence-electron chi connectivity index (χ1n) is 7.99. The minimum absolute atomic E-state index is 0.271. The number of rotatable bonds is 5. The molecule has 0 radical (unpaired) electrons. The van der Waals surface area contributed by atoms with E-state index in [1.807, 2.05) is 25.1 Å². The molecule has 1 aromatic heterocycles. The van der Waals surface area contributed by atoms with Crippen LogP contribution in [0, 0.1) is 6.92 Å². The predicted octanol–water partition coefficient (Wildman–Crippen LogP) is 3.71. The molecule has 1 N–H and O–H groups in total. The van der Waals surface area contributed by atoms with E-state index >= 15 is 0 Å². The van der Waals surface area contributed by atoms with Gasteiger partial charge in [0.15, 0.2) is 18.1 Å².